The van der Waals surface area contributed by atoms with Crippen LogP contribution >= 0.6 is 11.6 Å². The second-order valence-corrected chi connectivity index (χ2v) is 9.23. The Kier molecular flexibility index (Phi) is 6.77. The van der Waals surface area contributed by atoms with Crippen molar-refractivity contribution in [3.8, 4) is 11.8 Å². The molecule has 0 amide bonds. The van der Waals surface area contributed by atoms with Crippen LogP contribution in [-0.2, 0) is 4.74 Å². The lowest BCUT2D eigenvalue weighted by Crippen LogP contribution is -2.36. The van der Waals surface area contributed by atoms with Crippen LogP contribution in [-0.4, -0.2) is 62.3 Å². The summed E-state index contributed by atoms with van der Waals surface area (Å²) in [6.07, 6.45) is 6.77. The molecule has 1 aromatic carbocycles. The lowest BCUT2D eigenvalue weighted by atomic mass is 9.90. The van der Waals surface area contributed by atoms with Crippen LogP contribution in [0.1, 0.15) is 43.1 Å². The molecule has 188 valence electrons. The van der Waals surface area contributed by atoms with Crippen molar-refractivity contribution in [2.45, 2.75) is 32.7 Å². The number of ether oxygens (including phenoxy) is 2. The molecule has 1 saturated heterocycles. The Morgan fingerprint density at radius 3 is 2.58 bits per heavy atom. The third kappa shape index (κ3) is 4.60. The van der Waals surface area contributed by atoms with Gasteiger partial charge in [-0.2, -0.15) is 15.2 Å². The molecule has 0 radical (unpaired) electrons. The van der Waals surface area contributed by atoms with Crippen LogP contribution in [0.5, 0.6) is 5.88 Å². The maximum absolute atomic E-state index is 12.0. The first-order valence-electron chi connectivity index (χ1n) is 12.0. The van der Waals surface area contributed by atoms with E-state index < -0.39 is 5.97 Å². The van der Waals surface area contributed by atoms with Crippen molar-refractivity contribution in [2.75, 3.05) is 31.7 Å². The van der Waals surface area contributed by atoms with Gasteiger partial charge < -0.3 is 14.4 Å². The van der Waals surface area contributed by atoms with E-state index in [1.807, 2.05) is 16.8 Å². The van der Waals surface area contributed by atoms with E-state index in [-0.39, 0.29) is 12.6 Å². The molecule has 0 N–H and O–H groups in total. The Hall–Kier alpha value is -3.66. The summed E-state index contributed by atoms with van der Waals surface area (Å²) >= 11 is 6.04. The molecule has 11 heteroatoms. The second kappa shape index (κ2) is 10.1. The summed E-state index contributed by atoms with van der Waals surface area (Å²) in [6.45, 7) is 6.16. The summed E-state index contributed by atoms with van der Waals surface area (Å²) in [5.41, 5.74) is 2.92. The van der Waals surface area contributed by atoms with Gasteiger partial charge in [0.15, 0.2) is 0 Å². The Bertz CT molecular complexity index is 1360. The van der Waals surface area contributed by atoms with E-state index >= 15 is 0 Å². The van der Waals surface area contributed by atoms with E-state index in [1.165, 1.54) is 16.6 Å². The highest BCUT2D eigenvalue weighted by molar-refractivity contribution is 6.30. The highest BCUT2D eigenvalue weighted by atomic mass is 35.5. The molecule has 4 aromatic rings. The van der Waals surface area contributed by atoms with Crippen molar-refractivity contribution in [1.82, 2.24) is 29.5 Å². The first-order valence-corrected chi connectivity index (χ1v) is 12.4. The summed E-state index contributed by atoms with van der Waals surface area (Å²) in [5.74, 6) is 0.698. The predicted octanol–water partition coefficient (Wildman–Crippen LogP) is 4.33. The molecule has 0 saturated carbocycles. The van der Waals surface area contributed by atoms with Gasteiger partial charge in [0.05, 0.1) is 37.7 Å². The minimum Gasteiger partial charge on any atom is -0.479 e. The van der Waals surface area contributed by atoms with Gasteiger partial charge in [-0.3, -0.25) is 4.68 Å². The van der Waals surface area contributed by atoms with E-state index in [9.17, 15) is 4.79 Å². The van der Waals surface area contributed by atoms with Crippen LogP contribution in [0.4, 0.5) is 5.69 Å². The highest BCUT2D eigenvalue weighted by Gasteiger charge is 2.28. The average molecular weight is 510 g/mol. The number of carbonyl (C=O) groups is 1. The zero-order chi connectivity index (χ0) is 25.2. The summed E-state index contributed by atoms with van der Waals surface area (Å²) in [5, 5.41) is 9.63. The van der Waals surface area contributed by atoms with Crippen LogP contribution in [0.15, 0.2) is 42.9 Å². The van der Waals surface area contributed by atoms with Gasteiger partial charge in [-0.25, -0.2) is 14.5 Å². The Balaban J connectivity index is 1.36. The van der Waals surface area contributed by atoms with E-state index in [1.54, 1.807) is 26.4 Å². The van der Waals surface area contributed by atoms with Crippen molar-refractivity contribution >= 4 is 34.3 Å². The van der Waals surface area contributed by atoms with E-state index in [0.29, 0.717) is 28.8 Å². The largest absolute Gasteiger partial charge is 0.479 e. The third-order valence-electron chi connectivity index (χ3n) is 6.69. The summed E-state index contributed by atoms with van der Waals surface area (Å²) in [6, 6.07) is 8.15. The molecular formula is C25H28ClN7O3. The fourth-order valence-corrected chi connectivity index (χ4v) is 4.84. The standard InChI is InChI=1S/C25H28ClN7O3/c1-4-36-24(34)18-13-27-32(15-18)25-29-21-14-28-33(22(21)23(30-25)35-3)16(2)17-9-11-31(12-10-17)20-7-5-19(26)6-8-20/h5-8,13-17H,4,9-12H2,1-3H3/t16-/m0/s1. The fourth-order valence-electron chi connectivity index (χ4n) is 4.72. The van der Waals surface area contributed by atoms with E-state index in [2.05, 4.69) is 44.1 Å². The number of carbonyl (C=O) groups excluding carboxylic acids is 1. The van der Waals surface area contributed by atoms with Crippen LogP contribution in [0.3, 0.4) is 0 Å². The predicted molar refractivity (Wildman–Crippen MR) is 136 cm³/mol. The second-order valence-electron chi connectivity index (χ2n) is 8.79. The van der Waals surface area contributed by atoms with Crippen LogP contribution < -0.4 is 9.64 Å². The molecule has 3 aromatic heterocycles. The Morgan fingerprint density at radius 1 is 1.14 bits per heavy atom. The average Bonchev–Trinajstić information content (AvgIpc) is 3.56. The van der Waals surface area contributed by atoms with Crippen molar-refractivity contribution in [1.29, 1.82) is 0 Å². The monoisotopic (exact) mass is 509 g/mol. The van der Waals surface area contributed by atoms with Crippen molar-refractivity contribution in [3.63, 3.8) is 0 Å². The van der Waals surface area contributed by atoms with Crippen molar-refractivity contribution < 1.29 is 14.3 Å². The zero-order valence-electron chi connectivity index (χ0n) is 20.5. The van der Waals surface area contributed by atoms with Gasteiger partial charge in [-0.1, -0.05) is 11.6 Å². The lowest BCUT2D eigenvalue weighted by molar-refractivity contribution is 0.0526. The topological polar surface area (TPSA) is 100 Å². The van der Waals surface area contributed by atoms with Gasteiger partial charge in [-0.05, 0) is 56.9 Å². The van der Waals surface area contributed by atoms with Gasteiger partial charge in [0.2, 0.25) is 5.88 Å². The minimum atomic E-state index is -0.444. The van der Waals surface area contributed by atoms with E-state index in [4.69, 9.17) is 21.1 Å². The van der Waals surface area contributed by atoms with Gasteiger partial charge in [0.25, 0.3) is 5.95 Å². The number of hydrogen-bond acceptors (Lipinski definition) is 8. The van der Waals surface area contributed by atoms with Gasteiger partial charge in [-0.15, -0.1) is 0 Å². The molecule has 5 rings (SSSR count). The van der Waals surface area contributed by atoms with Gasteiger partial charge >= 0.3 is 5.97 Å². The van der Waals surface area contributed by atoms with Crippen LogP contribution in [0.2, 0.25) is 5.02 Å². The molecule has 4 heterocycles. The maximum Gasteiger partial charge on any atom is 0.341 e. The minimum absolute atomic E-state index is 0.137. The molecular weight excluding hydrogens is 482 g/mol. The smallest absolute Gasteiger partial charge is 0.341 e. The Labute approximate surface area is 213 Å². The van der Waals surface area contributed by atoms with Gasteiger partial charge in [0, 0.05) is 30.0 Å². The lowest BCUT2D eigenvalue weighted by Gasteiger charge is -2.36. The highest BCUT2D eigenvalue weighted by Crippen LogP contribution is 2.34. The Morgan fingerprint density at radius 2 is 1.89 bits per heavy atom. The number of fused-ring (bicyclic) bond motifs is 1. The first-order chi connectivity index (χ1) is 17.5. The number of piperidine rings is 1. The van der Waals surface area contributed by atoms with Crippen LogP contribution in [0.25, 0.3) is 17.0 Å². The number of halogens is 1. The van der Waals surface area contributed by atoms with Crippen LogP contribution in [0, 0.1) is 5.92 Å². The molecule has 36 heavy (non-hydrogen) atoms. The fraction of sp³-hybridized carbons (Fsp3) is 0.400. The number of nitrogens with zero attached hydrogens (tertiary/aromatic N) is 7. The van der Waals surface area contributed by atoms with Crippen molar-refractivity contribution in [3.05, 3.63) is 53.4 Å². The quantitative estimate of drug-likeness (QED) is 0.339. The number of hydrogen-bond donors (Lipinski definition) is 0. The number of rotatable bonds is 7. The zero-order valence-corrected chi connectivity index (χ0v) is 21.2. The third-order valence-corrected chi connectivity index (χ3v) is 6.94. The number of methoxy groups -OCH3 is 1. The summed E-state index contributed by atoms with van der Waals surface area (Å²) in [4.78, 5) is 23.6. The van der Waals surface area contributed by atoms with Gasteiger partial charge in [0.1, 0.15) is 11.0 Å². The molecule has 1 aliphatic rings. The molecule has 1 atom stereocenters. The van der Waals surface area contributed by atoms with E-state index in [0.717, 1.165) is 36.5 Å². The number of esters is 1. The number of benzene rings is 1. The SMILES string of the molecule is CCOC(=O)c1cnn(-c2nc(OC)c3c(cnn3[C@@H](C)C3CCN(c4ccc(Cl)cc4)CC3)n2)c1. The molecule has 1 aliphatic heterocycles. The molecule has 0 aliphatic carbocycles. The molecule has 0 spiro atoms. The molecule has 0 bridgehead atoms. The molecule has 0 unspecified atom stereocenters. The molecule has 1 fully saturated rings. The number of aromatic nitrogens is 6. The first kappa shape index (κ1) is 24.1. The summed E-state index contributed by atoms with van der Waals surface area (Å²) in [7, 11) is 1.57. The summed E-state index contributed by atoms with van der Waals surface area (Å²) < 4.78 is 14.1. The maximum atomic E-state index is 12.0. The molecule has 10 nitrogen and oxygen atoms in total. The van der Waals surface area contributed by atoms with Crippen molar-refractivity contribution in [2.24, 2.45) is 5.92 Å². The number of anilines is 1. The normalized spacial score (nSPS) is 15.3.